The molecule has 3 aromatic rings. The highest BCUT2D eigenvalue weighted by Crippen LogP contribution is 2.40. The molecule has 4 nitrogen and oxygen atoms in total. The molecule has 0 amide bonds. The van der Waals surface area contributed by atoms with Crippen molar-refractivity contribution in [1.82, 2.24) is 9.97 Å². The highest BCUT2D eigenvalue weighted by Gasteiger charge is 2.27. The van der Waals surface area contributed by atoms with Gasteiger partial charge in [0.15, 0.2) is 0 Å². The van der Waals surface area contributed by atoms with Crippen LogP contribution in [0.5, 0.6) is 6.01 Å². The van der Waals surface area contributed by atoms with E-state index in [0.717, 1.165) is 12.8 Å². The predicted octanol–water partition coefficient (Wildman–Crippen LogP) is 6.21. The molecule has 0 saturated heterocycles. The number of ether oxygens (including phenoxy) is 1. The summed E-state index contributed by atoms with van der Waals surface area (Å²) in [6, 6.07) is 8.27. The molecule has 7 heteroatoms. The van der Waals surface area contributed by atoms with Crippen molar-refractivity contribution in [2.24, 2.45) is 0 Å². The molecule has 0 radical (unpaired) electrons. The monoisotopic (exact) mass is 425 g/mol. The first-order valence-corrected chi connectivity index (χ1v) is 10.2. The van der Waals surface area contributed by atoms with Gasteiger partial charge in [-0.15, -0.1) is 0 Å². The molecule has 0 fully saturated rings. The first-order valence-electron chi connectivity index (χ1n) is 10.2. The van der Waals surface area contributed by atoms with E-state index in [1.54, 1.807) is 19.1 Å². The molecule has 1 aliphatic heterocycles. The van der Waals surface area contributed by atoms with E-state index < -0.39 is 11.6 Å². The highest BCUT2D eigenvalue weighted by molar-refractivity contribution is 5.85. The number of hydrogen-bond donors (Lipinski definition) is 0. The lowest BCUT2D eigenvalue weighted by Crippen LogP contribution is -2.25. The summed E-state index contributed by atoms with van der Waals surface area (Å²) in [5.41, 5.74) is 2.30. The van der Waals surface area contributed by atoms with E-state index in [0.29, 0.717) is 34.8 Å². The van der Waals surface area contributed by atoms with Crippen LogP contribution in [0.4, 0.5) is 24.7 Å². The number of unbranched alkanes of at least 4 members (excludes halogenated alkanes) is 1. The smallest absolute Gasteiger partial charge is 0.318 e. The Labute approximate surface area is 179 Å². The molecular formula is C24H22F3N3O. The Morgan fingerprint density at radius 2 is 1.84 bits per heavy atom. The maximum atomic E-state index is 14.6. The lowest BCUT2D eigenvalue weighted by Gasteiger charge is -2.29. The second-order valence-corrected chi connectivity index (χ2v) is 7.34. The van der Waals surface area contributed by atoms with Crippen LogP contribution in [0.3, 0.4) is 0 Å². The van der Waals surface area contributed by atoms with Gasteiger partial charge < -0.3 is 9.64 Å². The zero-order chi connectivity index (χ0) is 22.0. The molecule has 160 valence electrons. The van der Waals surface area contributed by atoms with E-state index in [4.69, 9.17) is 4.74 Å². The van der Waals surface area contributed by atoms with Gasteiger partial charge in [0, 0.05) is 17.7 Å². The summed E-state index contributed by atoms with van der Waals surface area (Å²) >= 11 is 0. The Kier molecular flexibility index (Phi) is 5.93. The average Bonchev–Trinajstić information content (AvgIpc) is 2.74. The standard InChI is InChI=1S/C24H22F3N3O/c1-3-4-13-31-24-28-21(17-11-10-16(25)14-15(17)2)18-7-6-12-30(23(18)29-24)22-19(26)8-5-9-20(22)27/h5-11,14H,3-4,12-13H2,1-2H3. The number of rotatable bonds is 6. The summed E-state index contributed by atoms with van der Waals surface area (Å²) in [7, 11) is 0. The summed E-state index contributed by atoms with van der Waals surface area (Å²) in [4.78, 5) is 10.5. The van der Waals surface area contributed by atoms with Gasteiger partial charge >= 0.3 is 6.01 Å². The van der Waals surface area contributed by atoms with Crippen molar-refractivity contribution in [1.29, 1.82) is 0 Å². The Balaban J connectivity index is 1.91. The van der Waals surface area contributed by atoms with Crippen molar-refractivity contribution in [3.8, 4) is 17.3 Å². The normalized spacial score (nSPS) is 12.7. The minimum Gasteiger partial charge on any atom is -0.463 e. The summed E-state index contributed by atoms with van der Waals surface area (Å²) in [6.07, 6.45) is 5.36. The number of hydrogen-bond acceptors (Lipinski definition) is 4. The molecule has 1 aliphatic rings. The lowest BCUT2D eigenvalue weighted by molar-refractivity contribution is 0.286. The fourth-order valence-corrected chi connectivity index (χ4v) is 3.57. The molecule has 0 aliphatic carbocycles. The number of halogens is 3. The van der Waals surface area contributed by atoms with Crippen LogP contribution in [-0.4, -0.2) is 23.1 Å². The van der Waals surface area contributed by atoms with Gasteiger partial charge in [-0.3, -0.25) is 0 Å². The zero-order valence-corrected chi connectivity index (χ0v) is 17.3. The molecule has 2 heterocycles. The van der Waals surface area contributed by atoms with Gasteiger partial charge in [-0.2, -0.15) is 9.97 Å². The number of nitrogens with zero attached hydrogens (tertiary/aromatic N) is 3. The molecular weight excluding hydrogens is 403 g/mol. The summed E-state index contributed by atoms with van der Waals surface area (Å²) in [6.45, 7) is 4.47. The number of aromatic nitrogens is 2. The summed E-state index contributed by atoms with van der Waals surface area (Å²) in [5.74, 6) is -1.39. The molecule has 2 aromatic carbocycles. The van der Waals surface area contributed by atoms with Crippen LogP contribution in [0.15, 0.2) is 42.5 Å². The third kappa shape index (κ3) is 4.13. The average molecular weight is 425 g/mol. The summed E-state index contributed by atoms with van der Waals surface area (Å²) in [5, 5.41) is 0. The fourth-order valence-electron chi connectivity index (χ4n) is 3.57. The Bertz CT molecular complexity index is 1130. The minimum atomic E-state index is -0.687. The van der Waals surface area contributed by atoms with Gasteiger partial charge in [0.2, 0.25) is 0 Å². The van der Waals surface area contributed by atoms with Crippen LogP contribution in [0.2, 0.25) is 0 Å². The van der Waals surface area contributed by atoms with E-state index in [9.17, 15) is 13.2 Å². The van der Waals surface area contributed by atoms with Crippen LogP contribution in [0.1, 0.15) is 30.9 Å². The number of fused-ring (bicyclic) bond motifs is 1. The van der Waals surface area contributed by atoms with Gasteiger partial charge in [0.05, 0.1) is 12.3 Å². The highest BCUT2D eigenvalue weighted by atomic mass is 19.1. The first-order chi connectivity index (χ1) is 15.0. The largest absolute Gasteiger partial charge is 0.463 e. The molecule has 0 unspecified atom stereocenters. The topological polar surface area (TPSA) is 38.3 Å². The Morgan fingerprint density at radius 3 is 2.55 bits per heavy atom. The third-order valence-electron chi connectivity index (χ3n) is 5.11. The molecule has 1 aromatic heterocycles. The minimum absolute atomic E-state index is 0.114. The molecule has 0 bridgehead atoms. The Hall–Kier alpha value is -3.35. The van der Waals surface area contributed by atoms with Crippen LogP contribution >= 0.6 is 0 Å². The Morgan fingerprint density at radius 1 is 1.06 bits per heavy atom. The maximum absolute atomic E-state index is 14.6. The number of aryl methyl sites for hydroxylation is 1. The van der Waals surface area contributed by atoms with E-state index in [2.05, 4.69) is 9.97 Å². The second-order valence-electron chi connectivity index (χ2n) is 7.34. The molecule has 0 atom stereocenters. The van der Waals surface area contributed by atoms with Crippen molar-refractivity contribution in [2.75, 3.05) is 18.1 Å². The number of benzene rings is 2. The molecule has 4 rings (SSSR count). The fraction of sp³-hybridized carbons (Fsp3) is 0.250. The third-order valence-corrected chi connectivity index (χ3v) is 5.11. The van der Waals surface area contributed by atoms with E-state index in [1.807, 2.05) is 13.0 Å². The molecule has 0 spiro atoms. The quantitative estimate of drug-likeness (QED) is 0.440. The van der Waals surface area contributed by atoms with E-state index in [-0.39, 0.29) is 24.1 Å². The maximum Gasteiger partial charge on any atom is 0.318 e. The predicted molar refractivity (Wildman–Crippen MR) is 115 cm³/mol. The first kappa shape index (κ1) is 20.9. The zero-order valence-electron chi connectivity index (χ0n) is 17.3. The van der Waals surface area contributed by atoms with Crippen LogP contribution < -0.4 is 9.64 Å². The van der Waals surface area contributed by atoms with Crippen molar-refractivity contribution in [3.05, 3.63) is 71.1 Å². The number of para-hydroxylation sites is 1. The van der Waals surface area contributed by atoms with Crippen LogP contribution in [0, 0.1) is 24.4 Å². The van der Waals surface area contributed by atoms with Crippen LogP contribution in [0.25, 0.3) is 17.3 Å². The van der Waals surface area contributed by atoms with E-state index in [1.165, 1.54) is 35.2 Å². The van der Waals surface area contributed by atoms with Crippen molar-refractivity contribution in [3.63, 3.8) is 0 Å². The molecule has 0 N–H and O–H groups in total. The SMILES string of the molecule is CCCCOc1nc(-c2ccc(F)cc2C)c2c(n1)N(c1c(F)cccc1F)CC=C2. The van der Waals surface area contributed by atoms with Crippen molar-refractivity contribution in [2.45, 2.75) is 26.7 Å². The van der Waals surface area contributed by atoms with Gasteiger partial charge in [0.1, 0.15) is 29.0 Å². The lowest BCUT2D eigenvalue weighted by atomic mass is 9.99. The van der Waals surface area contributed by atoms with Gasteiger partial charge in [-0.1, -0.05) is 31.6 Å². The van der Waals surface area contributed by atoms with Crippen LogP contribution in [-0.2, 0) is 0 Å². The van der Waals surface area contributed by atoms with Crippen molar-refractivity contribution >= 4 is 17.6 Å². The van der Waals surface area contributed by atoms with Gasteiger partial charge in [-0.05, 0) is 49.2 Å². The molecule has 0 saturated carbocycles. The van der Waals surface area contributed by atoms with Gasteiger partial charge in [0.25, 0.3) is 0 Å². The van der Waals surface area contributed by atoms with E-state index >= 15 is 0 Å². The van der Waals surface area contributed by atoms with Gasteiger partial charge in [-0.25, -0.2) is 13.2 Å². The summed E-state index contributed by atoms with van der Waals surface area (Å²) < 4.78 is 48.6. The second kappa shape index (κ2) is 8.79. The van der Waals surface area contributed by atoms with Crippen molar-refractivity contribution < 1.29 is 17.9 Å². The molecule has 31 heavy (non-hydrogen) atoms. The number of anilines is 2.